The van der Waals surface area contributed by atoms with Crippen LogP contribution in [0.25, 0.3) is 0 Å². The fraction of sp³-hybridized carbons (Fsp3) is 0.579. The van der Waals surface area contributed by atoms with Gasteiger partial charge in [-0.25, -0.2) is 4.99 Å². The molecule has 26 heavy (non-hydrogen) atoms. The monoisotopic (exact) mass is 378 g/mol. The van der Waals surface area contributed by atoms with Gasteiger partial charge in [0.25, 0.3) is 0 Å². The lowest BCUT2D eigenvalue weighted by atomic mass is 9.79. The Kier molecular flexibility index (Phi) is 6.25. The van der Waals surface area contributed by atoms with E-state index in [1.54, 1.807) is 0 Å². The minimum atomic E-state index is 0.0551. The molecule has 2 heterocycles. The summed E-state index contributed by atoms with van der Waals surface area (Å²) in [6, 6.07) is 7.45. The van der Waals surface area contributed by atoms with Crippen molar-refractivity contribution >= 4 is 23.5 Å². The number of piperidine rings is 1. The van der Waals surface area contributed by atoms with Gasteiger partial charge in [0.15, 0.2) is 5.96 Å². The van der Waals surface area contributed by atoms with Crippen LogP contribution in [0.5, 0.6) is 5.75 Å². The summed E-state index contributed by atoms with van der Waals surface area (Å²) in [6.45, 7) is 6.50. The number of nitrogens with zero attached hydrogens (tertiary/aromatic N) is 2. The van der Waals surface area contributed by atoms with Crippen molar-refractivity contribution in [2.45, 2.75) is 26.2 Å². The predicted octanol–water partition coefficient (Wildman–Crippen LogP) is 2.29. The fourth-order valence-corrected chi connectivity index (χ4v) is 3.91. The summed E-state index contributed by atoms with van der Waals surface area (Å²) in [4.78, 5) is 18.7. The zero-order chi connectivity index (χ0) is 18.4. The molecule has 0 radical (unpaired) electrons. The SMILES string of the molecule is CCNC(=NCCOc1ccccc1Cl)N1CCCC2(CNC(=O)C2)C1. The third kappa shape index (κ3) is 4.61. The molecule has 2 N–H and O–H groups in total. The van der Waals surface area contributed by atoms with Crippen LogP contribution in [0.3, 0.4) is 0 Å². The molecule has 1 amide bonds. The Bertz CT molecular complexity index is 667. The van der Waals surface area contributed by atoms with Gasteiger partial charge >= 0.3 is 0 Å². The Hall–Kier alpha value is -1.95. The number of rotatable bonds is 5. The first-order chi connectivity index (χ1) is 12.6. The second-order valence-corrected chi connectivity index (χ2v) is 7.40. The Balaban J connectivity index is 1.58. The largest absolute Gasteiger partial charge is 0.490 e. The van der Waals surface area contributed by atoms with Crippen LogP contribution < -0.4 is 15.4 Å². The number of ether oxygens (including phenoxy) is 1. The van der Waals surface area contributed by atoms with Crippen molar-refractivity contribution in [2.24, 2.45) is 10.4 Å². The minimum absolute atomic E-state index is 0.0551. The molecular formula is C19H27ClN4O2. The molecular weight excluding hydrogens is 352 g/mol. The normalized spacial score (nSPS) is 23.2. The number of guanidine groups is 1. The number of aliphatic imine (C=N–C) groups is 1. The minimum Gasteiger partial charge on any atom is -0.490 e. The van der Waals surface area contributed by atoms with Gasteiger partial charge in [0, 0.05) is 38.0 Å². The van der Waals surface area contributed by atoms with Crippen LogP contribution in [0, 0.1) is 5.41 Å². The highest BCUT2D eigenvalue weighted by atomic mass is 35.5. The van der Waals surface area contributed by atoms with E-state index in [1.807, 2.05) is 24.3 Å². The Morgan fingerprint density at radius 1 is 1.46 bits per heavy atom. The maximum absolute atomic E-state index is 11.7. The summed E-state index contributed by atoms with van der Waals surface area (Å²) in [5.74, 6) is 1.75. The lowest BCUT2D eigenvalue weighted by Crippen LogP contribution is -2.51. The molecule has 0 aliphatic carbocycles. The van der Waals surface area contributed by atoms with Crippen molar-refractivity contribution in [3.8, 4) is 5.75 Å². The van der Waals surface area contributed by atoms with Crippen molar-refractivity contribution in [1.29, 1.82) is 0 Å². The van der Waals surface area contributed by atoms with Gasteiger partial charge in [0.2, 0.25) is 5.91 Å². The van der Waals surface area contributed by atoms with Gasteiger partial charge in [0.05, 0.1) is 11.6 Å². The topological polar surface area (TPSA) is 66.0 Å². The molecule has 7 heteroatoms. The summed E-state index contributed by atoms with van der Waals surface area (Å²) >= 11 is 6.10. The lowest BCUT2D eigenvalue weighted by Gasteiger charge is -2.40. The van der Waals surface area contributed by atoms with E-state index in [-0.39, 0.29) is 11.3 Å². The number of likely N-dealkylation sites (tertiary alicyclic amines) is 1. The summed E-state index contributed by atoms with van der Waals surface area (Å²) in [6.07, 6.45) is 2.80. The van der Waals surface area contributed by atoms with E-state index < -0.39 is 0 Å². The van der Waals surface area contributed by atoms with Crippen molar-refractivity contribution in [3.05, 3.63) is 29.3 Å². The molecule has 1 spiro atoms. The van der Waals surface area contributed by atoms with Crippen LogP contribution in [-0.2, 0) is 4.79 Å². The Morgan fingerprint density at radius 2 is 2.31 bits per heavy atom. The van der Waals surface area contributed by atoms with Crippen LogP contribution >= 0.6 is 11.6 Å². The molecule has 2 fully saturated rings. The van der Waals surface area contributed by atoms with E-state index in [0.717, 1.165) is 45.0 Å². The van der Waals surface area contributed by atoms with Gasteiger partial charge in [0.1, 0.15) is 12.4 Å². The summed E-state index contributed by atoms with van der Waals surface area (Å²) < 4.78 is 5.72. The average molecular weight is 379 g/mol. The second-order valence-electron chi connectivity index (χ2n) is 6.99. The van der Waals surface area contributed by atoms with E-state index >= 15 is 0 Å². The van der Waals surface area contributed by atoms with Crippen molar-refractivity contribution in [3.63, 3.8) is 0 Å². The van der Waals surface area contributed by atoms with Gasteiger partial charge < -0.3 is 20.3 Å². The first-order valence-electron chi connectivity index (χ1n) is 9.29. The van der Waals surface area contributed by atoms with Crippen molar-refractivity contribution < 1.29 is 9.53 Å². The van der Waals surface area contributed by atoms with Gasteiger partial charge in [-0.2, -0.15) is 0 Å². The standard InChI is InChI=1S/C19H27ClN4O2/c1-2-21-18(22-9-11-26-16-7-4-3-6-15(16)20)24-10-5-8-19(14-24)12-17(25)23-13-19/h3-4,6-7H,2,5,8-14H2,1H3,(H,21,22)(H,23,25). The molecule has 1 aromatic carbocycles. The Labute approximate surface area is 159 Å². The van der Waals surface area contributed by atoms with Crippen LogP contribution in [0.4, 0.5) is 0 Å². The van der Waals surface area contributed by atoms with E-state index in [1.165, 1.54) is 0 Å². The van der Waals surface area contributed by atoms with Crippen LogP contribution in [0.15, 0.2) is 29.3 Å². The highest BCUT2D eigenvalue weighted by molar-refractivity contribution is 6.32. The molecule has 0 aromatic heterocycles. The number of halogens is 1. The first-order valence-corrected chi connectivity index (χ1v) is 9.67. The van der Waals surface area contributed by atoms with Crippen molar-refractivity contribution in [1.82, 2.24) is 15.5 Å². The van der Waals surface area contributed by atoms with E-state index in [0.29, 0.717) is 30.3 Å². The van der Waals surface area contributed by atoms with E-state index in [2.05, 4.69) is 22.5 Å². The number of nitrogens with one attached hydrogen (secondary N) is 2. The predicted molar refractivity (Wildman–Crippen MR) is 104 cm³/mol. The number of hydrogen-bond donors (Lipinski definition) is 2. The van der Waals surface area contributed by atoms with Gasteiger partial charge in [-0.15, -0.1) is 0 Å². The number of carbonyl (C=O) groups is 1. The molecule has 0 bridgehead atoms. The zero-order valence-corrected chi connectivity index (χ0v) is 16.0. The fourth-order valence-electron chi connectivity index (χ4n) is 3.72. The van der Waals surface area contributed by atoms with Gasteiger partial charge in [-0.1, -0.05) is 23.7 Å². The van der Waals surface area contributed by atoms with Crippen molar-refractivity contribution in [2.75, 3.05) is 39.3 Å². The van der Waals surface area contributed by atoms with Gasteiger partial charge in [-0.05, 0) is 31.9 Å². The molecule has 2 aliphatic rings. The molecule has 3 rings (SSSR count). The third-order valence-electron chi connectivity index (χ3n) is 4.94. The molecule has 2 saturated heterocycles. The summed E-state index contributed by atoms with van der Waals surface area (Å²) in [7, 11) is 0. The number of para-hydroxylation sites is 1. The molecule has 1 aromatic rings. The quantitative estimate of drug-likeness (QED) is 0.468. The maximum atomic E-state index is 11.7. The molecule has 2 aliphatic heterocycles. The highest BCUT2D eigenvalue weighted by Gasteiger charge is 2.42. The average Bonchev–Trinajstić information content (AvgIpc) is 2.99. The smallest absolute Gasteiger partial charge is 0.220 e. The van der Waals surface area contributed by atoms with E-state index in [9.17, 15) is 4.79 Å². The summed E-state index contributed by atoms with van der Waals surface area (Å²) in [5, 5.41) is 6.97. The molecule has 0 saturated carbocycles. The number of benzene rings is 1. The zero-order valence-electron chi connectivity index (χ0n) is 15.3. The molecule has 1 unspecified atom stereocenters. The highest BCUT2D eigenvalue weighted by Crippen LogP contribution is 2.36. The number of amides is 1. The lowest BCUT2D eigenvalue weighted by molar-refractivity contribution is -0.119. The second kappa shape index (κ2) is 8.62. The maximum Gasteiger partial charge on any atom is 0.220 e. The number of hydrogen-bond acceptors (Lipinski definition) is 3. The Morgan fingerprint density at radius 3 is 3.04 bits per heavy atom. The molecule has 1 atom stereocenters. The van der Waals surface area contributed by atoms with E-state index in [4.69, 9.17) is 21.3 Å². The molecule has 142 valence electrons. The van der Waals surface area contributed by atoms with Crippen LogP contribution in [0.1, 0.15) is 26.2 Å². The van der Waals surface area contributed by atoms with Gasteiger partial charge in [-0.3, -0.25) is 4.79 Å². The molecule has 6 nitrogen and oxygen atoms in total. The third-order valence-corrected chi connectivity index (χ3v) is 5.25. The van der Waals surface area contributed by atoms with Crippen LogP contribution in [-0.4, -0.2) is 56.1 Å². The first kappa shape index (κ1) is 18.8. The van der Waals surface area contributed by atoms with Crippen LogP contribution in [0.2, 0.25) is 5.02 Å². The summed E-state index contributed by atoms with van der Waals surface area (Å²) in [5.41, 5.74) is 0.0551. The number of carbonyl (C=O) groups excluding carboxylic acids is 1.